The minimum absolute atomic E-state index is 0.0935. The molecule has 3 nitrogen and oxygen atoms in total. The molecule has 0 aliphatic heterocycles. The fourth-order valence-corrected chi connectivity index (χ4v) is 2.65. The zero-order valence-electron chi connectivity index (χ0n) is 7.86. The smallest absolute Gasteiger partial charge is 0.210 e. The van der Waals surface area contributed by atoms with Gasteiger partial charge in [0.1, 0.15) is 0 Å². The fourth-order valence-electron chi connectivity index (χ4n) is 0.938. The van der Waals surface area contributed by atoms with E-state index in [9.17, 15) is 8.42 Å². The van der Waals surface area contributed by atoms with E-state index < -0.39 is 10.0 Å². The van der Waals surface area contributed by atoms with Crippen molar-refractivity contribution in [3.63, 3.8) is 0 Å². The zero-order valence-corrected chi connectivity index (χ0v) is 11.8. The number of alkyl halides is 2. The second-order valence-corrected chi connectivity index (χ2v) is 6.63. The van der Waals surface area contributed by atoms with Crippen LogP contribution in [0.2, 0.25) is 0 Å². The van der Waals surface area contributed by atoms with Crippen molar-refractivity contribution in [2.75, 3.05) is 11.9 Å². The quantitative estimate of drug-likeness (QED) is 0.821. The maximum absolute atomic E-state index is 11.7. The van der Waals surface area contributed by atoms with Gasteiger partial charge >= 0.3 is 0 Å². The molecule has 0 bridgehead atoms. The van der Waals surface area contributed by atoms with Crippen LogP contribution in [0.5, 0.6) is 0 Å². The molecule has 0 unspecified atom stereocenters. The lowest BCUT2D eigenvalue weighted by molar-refractivity contribution is 0.582. The number of rotatable bonds is 5. The summed E-state index contributed by atoms with van der Waals surface area (Å²) in [5, 5.41) is 0.699. The van der Waals surface area contributed by atoms with Gasteiger partial charge in [-0.25, -0.2) is 13.1 Å². The van der Waals surface area contributed by atoms with Crippen LogP contribution in [0.15, 0.2) is 35.2 Å². The predicted octanol–water partition coefficient (Wildman–Crippen LogP) is 2.12. The van der Waals surface area contributed by atoms with Gasteiger partial charge in [0.2, 0.25) is 10.0 Å². The largest absolute Gasteiger partial charge is 0.240 e. The Kier molecular flexibility index (Phi) is 5.25. The van der Waals surface area contributed by atoms with Gasteiger partial charge in [0.15, 0.2) is 0 Å². The van der Waals surface area contributed by atoms with Crippen molar-refractivity contribution in [3.8, 4) is 0 Å². The van der Waals surface area contributed by atoms with Crippen molar-refractivity contribution in [2.24, 2.45) is 0 Å². The summed E-state index contributed by atoms with van der Waals surface area (Å²) in [5.74, 6) is 0. The van der Waals surface area contributed by atoms with Gasteiger partial charge in [0.05, 0.1) is 4.90 Å². The Morgan fingerprint density at radius 3 is 2.40 bits per heavy atom. The maximum atomic E-state index is 11.7. The second kappa shape index (κ2) is 5.98. The van der Waals surface area contributed by atoms with Crippen LogP contribution < -0.4 is 4.72 Å². The third-order valence-corrected chi connectivity index (χ3v) is 5.45. The first-order chi connectivity index (χ1) is 7.06. The molecule has 6 heteroatoms. The summed E-state index contributed by atoms with van der Waals surface area (Å²) < 4.78 is 25.9. The van der Waals surface area contributed by atoms with Gasteiger partial charge < -0.3 is 0 Å². The normalized spacial score (nSPS) is 13.7. The van der Waals surface area contributed by atoms with Gasteiger partial charge in [-0.2, -0.15) is 0 Å². The van der Waals surface area contributed by atoms with Crippen molar-refractivity contribution in [1.82, 2.24) is 4.72 Å². The lowest BCUT2D eigenvalue weighted by Gasteiger charge is -2.08. The molecule has 0 aliphatic carbocycles. The van der Waals surface area contributed by atoms with Crippen LogP contribution in [0.3, 0.4) is 0 Å². The molecule has 0 saturated heterocycles. The molecule has 0 saturated carbocycles. The van der Waals surface area contributed by atoms with Crippen molar-refractivity contribution >= 4 is 41.9 Å². The van der Waals surface area contributed by atoms with Crippen LogP contribution in [0.1, 0.15) is 0 Å². The van der Waals surface area contributed by atoms with Crippen LogP contribution in [0.4, 0.5) is 0 Å². The number of hydrogen-bond acceptors (Lipinski definition) is 2. The minimum atomic E-state index is -3.37. The van der Waals surface area contributed by atoms with Crippen LogP contribution in [-0.2, 0) is 10.0 Å². The van der Waals surface area contributed by atoms with Gasteiger partial charge in [0.25, 0.3) is 0 Å². The molecular weight excluding hydrogens is 346 g/mol. The minimum Gasteiger partial charge on any atom is -0.210 e. The Labute approximate surface area is 107 Å². The van der Waals surface area contributed by atoms with E-state index in [1.54, 1.807) is 30.3 Å². The number of sulfonamides is 1. The average molecular weight is 357 g/mol. The predicted molar refractivity (Wildman–Crippen MR) is 68.1 cm³/mol. The van der Waals surface area contributed by atoms with Gasteiger partial charge in [-0.1, -0.05) is 50.1 Å². The molecule has 1 rings (SSSR count). The van der Waals surface area contributed by atoms with Gasteiger partial charge in [-0.15, -0.1) is 0 Å². The van der Waals surface area contributed by atoms with Crippen LogP contribution in [0.25, 0.3) is 0 Å². The molecule has 1 aromatic carbocycles. The van der Waals surface area contributed by atoms with E-state index in [-0.39, 0.29) is 4.83 Å². The second-order valence-electron chi connectivity index (χ2n) is 2.92. The summed E-state index contributed by atoms with van der Waals surface area (Å²) in [6.45, 7) is 0.364. The summed E-state index contributed by atoms with van der Waals surface area (Å²) in [6, 6.07) is 8.32. The molecule has 0 heterocycles. The highest BCUT2D eigenvalue weighted by atomic mass is 79.9. The van der Waals surface area contributed by atoms with E-state index in [0.717, 1.165) is 0 Å². The molecule has 1 atom stereocenters. The maximum Gasteiger partial charge on any atom is 0.240 e. The molecule has 1 N–H and O–H groups in total. The van der Waals surface area contributed by atoms with Crippen LogP contribution in [-0.4, -0.2) is 25.1 Å². The molecule has 0 spiro atoms. The monoisotopic (exact) mass is 355 g/mol. The first-order valence-electron chi connectivity index (χ1n) is 4.31. The van der Waals surface area contributed by atoms with Crippen LogP contribution >= 0.6 is 31.9 Å². The Hall–Kier alpha value is 0.0900. The zero-order chi connectivity index (χ0) is 11.3. The van der Waals surface area contributed by atoms with Crippen LogP contribution in [0, 0.1) is 0 Å². The van der Waals surface area contributed by atoms with Gasteiger partial charge in [-0.05, 0) is 12.1 Å². The van der Waals surface area contributed by atoms with E-state index >= 15 is 0 Å². The van der Waals surface area contributed by atoms with E-state index in [0.29, 0.717) is 16.8 Å². The Morgan fingerprint density at radius 1 is 1.27 bits per heavy atom. The van der Waals surface area contributed by atoms with Crippen molar-refractivity contribution in [2.45, 2.75) is 9.72 Å². The molecule has 0 radical (unpaired) electrons. The first kappa shape index (κ1) is 13.2. The highest BCUT2D eigenvalue weighted by molar-refractivity contribution is 9.12. The Morgan fingerprint density at radius 2 is 1.87 bits per heavy atom. The molecule has 0 aromatic heterocycles. The van der Waals surface area contributed by atoms with Gasteiger partial charge in [0, 0.05) is 16.7 Å². The third kappa shape index (κ3) is 4.22. The molecule has 15 heavy (non-hydrogen) atoms. The fraction of sp³-hybridized carbons (Fsp3) is 0.333. The third-order valence-electron chi connectivity index (χ3n) is 1.72. The van der Waals surface area contributed by atoms with E-state index in [4.69, 9.17) is 0 Å². The Balaban J connectivity index is 2.69. The number of nitrogens with one attached hydrogen (secondary N) is 1. The topological polar surface area (TPSA) is 46.2 Å². The summed E-state index contributed by atoms with van der Waals surface area (Å²) in [4.78, 5) is 0.384. The average Bonchev–Trinajstić information content (AvgIpc) is 2.27. The van der Waals surface area contributed by atoms with Crippen molar-refractivity contribution in [3.05, 3.63) is 30.3 Å². The molecule has 1 aromatic rings. The van der Waals surface area contributed by atoms with E-state index in [1.165, 1.54) is 0 Å². The van der Waals surface area contributed by atoms with Crippen molar-refractivity contribution in [1.29, 1.82) is 0 Å². The molecule has 0 amide bonds. The SMILES string of the molecule is O=S(=O)(NC[C@@H](Br)CBr)c1ccccc1. The number of hydrogen-bond donors (Lipinski definition) is 1. The number of benzene rings is 1. The van der Waals surface area contributed by atoms with Crippen molar-refractivity contribution < 1.29 is 8.42 Å². The standard InChI is InChI=1S/C9H11Br2NO2S/c10-6-8(11)7-12-15(13,14)9-4-2-1-3-5-9/h1-5,8,12H,6-7H2/t8-/m0/s1. The first-order valence-corrected chi connectivity index (χ1v) is 7.83. The molecule has 84 valence electrons. The molecule has 0 fully saturated rings. The molecule has 0 aliphatic rings. The number of halogens is 2. The summed E-state index contributed by atoms with van der Waals surface area (Å²) in [6.07, 6.45) is 0. The lowest BCUT2D eigenvalue weighted by atomic mass is 10.4. The summed E-state index contributed by atoms with van der Waals surface area (Å²) in [7, 11) is -3.37. The van der Waals surface area contributed by atoms with E-state index in [1.807, 2.05) is 0 Å². The highest BCUT2D eigenvalue weighted by Crippen LogP contribution is 2.08. The summed E-state index contributed by atoms with van der Waals surface area (Å²) >= 11 is 6.59. The van der Waals surface area contributed by atoms with Gasteiger partial charge in [-0.3, -0.25) is 0 Å². The lowest BCUT2D eigenvalue weighted by Crippen LogP contribution is -2.30. The molecular formula is C9H11Br2NO2S. The summed E-state index contributed by atoms with van der Waals surface area (Å²) in [5.41, 5.74) is 0. The highest BCUT2D eigenvalue weighted by Gasteiger charge is 2.14. The van der Waals surface area contributed by atoms with E-state index in [2.05, 4.69) is 36.6 Å². The Bertz CT molecular complexity index is 394.